The molecule has 0 saturated carbocycles. The van der Waals surface area contributed by atoms with E-state index in [4.69, 9.17) is 4.74 Å². The van der Waals surface area contributed by atoms with Crippen molar-refractivity contribution in [1.29, 1.82) is 0 Å². The molecule has 0 aliphatic carbocycles. The summed E-state index contributed by atoms with van der Waals surface area (Å²) in [4.78, 5) is 17.0. The number of anilines is 3. The fraction of sp³-hybridized carbons (Fsp3) is 0.333. The summed E-state index contributed by atoms with van der Waals surface area (Å²) in [5, 5.41) is 1.01. The summed E-state index contributed by atoms with van der Waals surface area (Å²) >= 11 is 0. The van der Waals surface area contributed by atoms with Gasteiger partial charge in [-0.15, -0.1) is 0 Å². The minimum atomic E-state index is -1.21. The SMILES string of the molecule is O=S(Cc1ccc(N2CCCC2)cc1)Nc1ccc(-c2cc3c(N4CCOCC4)ncnc3[nH]2)cc1. The number of aromatic amines is 1. The third-order valence-corrected chi connectivity index (χ3v) is 7.91. The van der Waals surface area contributed by atoms with Crippen LogP contribution in [0.15, 0.2) is 60.9 Å². The van der Waals surface area contributed by atoms with Crippen molar-refractivity contribution in [2.45, 2.75) is 18.6 Å². The first-order chi connectivity index (χ1) is 17.7. The first-order valence-electron chi connectivity index (χ1n) is 12.5. The number of aromatic nitrogens is 3. The number of nitrogens with zero attached hydrogens (tertiary/aromatic N) is 4. The van der Waals surface area contributed by atoms with Crippen molar-refractivity contribution in [3.05, 3.63) is 66.5 Å². The third kappa shape index (κ3) is 4.94. The van der Waals surface area contributed by atoms with Gasteiger partial charge in [-0.3, -0.25) is 0 Å². The quantitative estimate of drug-likeness (QED) is 0.391. The van der Waals surface area contributed by atoms with E-state index >= 15 is 0 Å². The monoisotopic (exact) mass is 502 g/mol. The number of morpholine rings is 1. The van der Waals surface area contributed by atoms with Crippen molar-refractivity contribution in [1.82, 2.24) is 15.0 Å². The molecule has 9 heteroatoms. The Hall–Kier alpha value is -3.43. The van der Waals surface area contributed by atoms with Crippen molar-refractivity contribution in [3.8, 4) is 11.3 Å². The molecule has 2 aromatic heterocycles. The Labute approximate surface area is 213 Å². The van der Waals surface area contributed by atoms with Crippen LogP contribution in [0.2, 0.25) is 0 Å². The van der Waals surface area contributed by atoms with E-state index in [0.29, 0.717) is 19.0 Å². The van der Waals surface area contributed by atoms with Gasteiger partial charge in [-0.1, -0.05) is 24.3 Å². The summed E-state index contributed by atoms with van der Waals surface area (Å²) in [5.41, 5.74) is 5.98. The Morgan fingerprint density at radius 1 is 0.917 bits per heavy atom. The van der Waals surface area contributed by atoms with Gasteiger partial charge in [0.05, 0.1) is 24.4 Å². The Bertz CT molecular complexity index is 1340. The zero-order valence-electron chi connectivity index (χ0n) is 20.2. The molecule has 0 radical (unpaired) electrons. The molecule has 2 aromatic carbocycles. The molecule has 2 aliphatic heterocycles. The molecular weight excluding hydrogens is 472 g/mol. The highest BCUT2D eigenvalue weighted by Crippen LogP contribution is 2.30. The molecule has 2 saturated heterocycles. The number of ether oxygens (including phenoxy) is 1. The number of nitrogens with one attached hydrogen (secondary N) is 2. The summed E-state index contributed by atoms with van der Waals surface area (Å²) in [5.74, 6) is 1.40. The predicted molar refractivity (Wildman–Crippen MR) is 146 cm³/mol. The van der Waals surface area contributed by atoms with Gasteiger partial charge in [-0.25, -0.2) is 14.2 Å². The lowest BCUT2D eigenvalue weighted by molar-refractivity contribution is 0.122. The molecule has 2 aliphatic rings. The van der Waals surface area contributed by atoms with E-state index in [1.165, 1.54) is 18.5 Å². The molecule has 0 bridgehead atoms. The molecule has 186 valence electrons. The summed E-state index contributed by atoms with van der Waals surface area (Å²) in [6, 6.07) is 18.5. The molecular formula is C27H30N6O2S. The molecule has 0 amide bonds. The van der Waals surface area contributed by atoms with Crippen molar-refractivity contribution in [3.63, 3.8) is 0 Å². The number of hydrogen-bond acceptors (Lipinski definition) is 6. The van der Waals surface area contributed by atoms with Crippen LogP contribution < -0.4 is 14.5 Å². The first-order valence-corrected chi connectivity index (χ1v) is 13.8. The van der Waals surface area contributed by atoms with Crippen LogP contribution in [-0.2, 0) is 21.5 Å². The maximum atomic E-state index is 12.7. The largest absolute Gasteiger partial charge is 0.378 e. The van der Waals surface area contributed by atoms with Crippen LogP contribution in [0.4, 0.5) is 17.2 Å². The Morgan fingerprint density at radius 2 is 1.67 bits per heavy atom. The maximum Gasteiger partial charge on any atom is 0.143 e. The second-order valence-electron chi connectivity index (χ2n) is 9.27. The van der Waals surface area contributed by atoms with Crippen LogP contribution in [-0.4, -0.2) is 58.6 Å². The van der Waals surface area contributed by atoms with Gasteiger partial charge in [-0.05, 0) is 54.3 Å². The molecule has 2 N–H and O–H groups in total. The van der Waals surface area contributed by atoms with Gasteiger partial charge in [0.1, 0.15) is 28.8 Å². The Kier molecular flexibility index (Phi) is 6.57. The van der Waals surface area contributed by atoms with E-state index in [-0.39, 0.29) is 0 Å². The smallest absolute Gasteiger partial charge is 0.143 e. The average Bonchev–Trinajstić information content (AvgIpc) is 3.61. The zero-order valence-corrected chi connectivity index (χ0v) is 21.0. The predicted octanol–water partition coefficient (Wildman–Crippen LogP) is 4.34. The van der Waals surface area contributed by atoms with E-state index in [2.05, 4.69) is 59.8 Å². The van der Waals surface area contributed by atoms with Crippen molar-refractivity contribution in [2.24, 2.45) is 0 Å². The van der Waals surface area contributed by atoms with Crippen LogP contribution in [0, 0.1) is 0 Å². The van der Waals surface area contributed by atoms with Gasteiger partial charge in [0.25, 0.3) is 0 Å². The first kappa shape index (κ1) is 23.0. The normalized spacial score (nSPS) is 17.0. The summed E-state index contributed by atoms with van der Waals surface area (Å²) in [7, 11) is -1.21. The highest BCUT2D eigenvalue weighted by atomic mass is 32.2. The Morgan fingerprint density at radius 3 is 2.42 bits per heavy atom. The van der Waals surface area contributed by atoms with Crippen LogP contribution >= 0.6 is 0 Å². The van der Waals surface area contributed by atoms with Crippen molar-refractivity contribution >= 4 is 39.2 Å². The van der Waals surface area contributed by atoms with E-state index in [0.717, 1.165) is 65.5 Å². The highest BCUT2D eigenvalue weighted by Gasteiger charge is 2.18. The van der Waals surface area contributed by atoms with Crippen LogP contribution in [0.3, 0.4) is 0 Å². The van der Waals surface area contributed by atoms with Gasteiger partial charge < -0.3 is 24.2 Å². The van der Waals surface area contributed by atoms with Crippen molar-refractivity contribution < 1.29 is 8.95 Å². The van der Waals surface area contributed by atoms with E-state index in [1.807, 2.05) is 24.3 Å². The summed E-state index contributed by atoms with van der Waals surface area (Å²) in [6.45, 7) is 5.33. The molecule has 6 rings (SSSR count). The fourth-order valence-electron chi connectivity index (χ4n) is 4.92. The van der Waals surface area contributed by atoms with E-state index < -0.39 is 11.0 Å². The molecule has 0 spiro atoms. The number of benzene rings is 2. The lowest BCUT2D eigenvalue weighted by atomic mass is 10.1. The lowest BCUT2D eigenvalue weighted by Gasteiger charge is -2.27. The molecule has 1 unspecified atom stereocenters. The van der Waals surface area contributed by atoms with Crippen molar-refractivity contribution in [2.75, 3.05) is 53.9 Å². The third-order valence-electron chi connectivity index (χ3n) is 6.85. The minimum Gasteiger partial charge on any atom is -0.378 e. The number of hydrogen-bond donors (Lipinski definition) is 2. The second kappa shape index (κ2) is 10.3. The summed E-state index contributed by atoms with van der Waals surface area (Å²) < 4.78 is 21.3. The van der Waals surface area contributed by atoms with Crippen LogP contribution in [0.1, 0.15) is 18.4 Å². The zero-order chi connectivity index (χ0) is 24.3. The molecule has 4 aromatic rings. The molecule has 8 nitrogen and oxygen atoms in total. The molecule has 2 fully saturated rings. The number of rotatable bonds is 7. The van der Waals surface area contributed by atoms with Gasteiger partial charge in [0.15, 0.2) is 0 Å². The Balaban J connectivity index is 1.11. The van der Waals surface area contributed by atoms with Gasteiger partial charge >= 0.3 is 0 Å². The molecule has 1 atom stereocenters. The summed E-state index contributed by atoms with van der Waals surface area (Å²) in [6.07, 6.45) is 4.13. The van der Waals surface area contributed by atoms with E-state index in [1.54, 1.807) is 6.33 Å². The van der Waals surface area contributed by atoms with Gasteiger partial charge in [-0.2, -0.15) is 0 Å². The average molecular weight is 503 g/mol. The molecule has 4 heterocycles. The van der Waals surface area contributed by atoms with Gasteiger partial charge in [0.2, 0.25) is 0 Å². The second-order valence-corrected chi connectivity index (χ2v) is 10.5. The standard InChI is InChI=1S/C27H30N6O2S/c34-36(18-20-3-9-23(10-4-20)32-11-1-2-12-32)31-22-7-5-21(6-8-22)25-17-24-26(30-25)28-19-29-27(24)33-13-15-35-16-14-33/h3-10,17,19,31H,1-2,11-16,18H2,(H,28,29,30). The van der Waals surface area contributed by atoms with Gasteiger partial charge in [0, 0.05) is 43.2 Å². The molecule has 36 heavy (non-hydrogen) atoms. The number of H-pyrrole nitrogens is 1. The lowest BCUT2D eigenvalue weighted by Crippen LogP contribution is -2.36. The van der Waals surface area contributed by atoms with Crippen LogP contribution in [0.25, 0.3) is 22.3 Å². The highest BCUT2D eigenvalue weighted by molar-refractivity contribution is 7.85. The van der Waals surface area contributed by atoms with Crippen LogP contribution in [0.5, 0.6) is 0 Å². The topological polar surface area (TPSA) is 86.4 Å². The maximum absolute atomic E-state index is 12.7. The minimum absolute atomic E-state index is 0.465. The number of fused-ring (bicyclic) bond motifs is 1. The fourth-order valence-corrected chi connectivity index (χ4v) is 5.89. The van der Waals surface area contributed by atoms with E-state index in [9.17, 15) is 4.21 Å².